The molecule has 3 aromatic carbocycles. The van der Waals surface area contributed by atoms with Crippen molar-refractivity contribution in [3.63, 3.8) is 0 Å². The molecule has 0 radical (unpaired) electrons. The molecule has 4 aromatic rings. The molecule has 4 rings (SSSR count). The first-order valence-electron chi connectivity index (χ1n) is 7.44. The average molecular weight is 284 g/mol. The molecule has 0 fully saturated rings. The molecule has 0 spiro atoms. The number of nitrogens with two attached hydrogens (primary N) is 1. The largest absolute Gasteiger partial charge is 0.326 e. The van der Waals surface area contributed by atoms with E-state index in [2.05, 4.69) is 54.6 Å². The number of fused-ring (bicyclic) bond motifs is 2. The van der Waals surface area contributed by atoms with Crippen LogP contribution in [0.15, 0.2) is 72.8 Å². The molecule has 0 bridgehead atoms. The number of benzene rings is 3. The van der Waals surface area contributed by atoms with Crippen LogP contribution in [0.2, 0.25) is 0 Å². The van der Waals surface area contributed by atoms with E-state index in [-0.39, 0.29) is 0 Å². The lowest BCUT2D eigenvalue weighted by atomic mass is 9.93. The molecule has 1 heterocycles. The summed E-state index contributed by atoms with van der Waals surface area (Å²) in [6.45, 7) is 0.529. The molecule has 0 atom stereocenters. The van der Waals surface area contributed by atoms with E-state index in [9.17, 15) is 0 Å². The van der Waals surface area contributed by atoms with Gasteiger partial charge >= 0.3 is 0 Å². The number of pyridine rings is 1. The minimum absolute atomic E-state index is 0.529. The third kappa shape index (κ3) is 1.97. The monoisotopic (exact) mass is 284 g/mol. The van der Waals surface area contributed by atoms with Crippen LogP contribution < -0.4 is 5.73 Å². The molecule has 0 saturated heterocycles. The molecular weight excluding hydrogens is 268 g/mol. The predicted octanol–water partition coefficient (Wildman–Crippen LogP) is 4.51. The van der Waals surface area contributed by atoms with Crippen molar-refractivity contribution in [2.75, 3.05) is 0 Å². The number of nitrogens with zero attached hydrogens (tertiary/aromatic N) is 1. The van der Waals surface area contributed by atoms with Gasteiger partial charge in [0.1, 0.15) is 0 Å². The van der Waals surface area contributed by atoms with Gasteiger partial charge < -0.3 is 5.73 Å². The Kier molecular flexibility index (Phi) is 3.10. The smallest absolute Gasteiger partial charge is 0.0715 e. The van der Waals surface area contributed by atoms with Crippen molar-refractivity contribution >= 4 is 21.8 Å². The Balaban J connectivity index is 2.22. The van der Waals surface area contributed by atoms with Gasteiger partial charge in [0.05, 0.1) is 11.0 Å². The lowest BCUT2D eigenvalue weighted by Gasteiger charge is -2.14. The Labute approximate surface area is 129 Å². The third-order valence-electron chi connectivity index (χ3n) is 4.09. The number of aromatic nitrogens is 1. The van der Waals surface area contributed by atoms with Crippen LogP contribution in [0.4, 0.5) is 0 Å². The van der Waals surface area contributed by atoms with Crippen molar-refractivity contribution in [3.05, 3.63) is 78.4 Å². The van der Waals surface area contributed by atoms with Crippen LogP contribution in [0, 0.1) is 0 Å². The van der Waals surface area contributed by atoms with Crippen molar-refractivity contribution in [1.29, 1.82) is 0 Å². The van der Waals surface area contributed by atoms with E-state index in [1.165, 1.54) is 21.9 Å². The van der Waals surface area contributed by atoms with Gasteiger partial charge in [0.15, 0.2) is 0 Å². The van der Waals surface area contributed by atoms with Crippen molar-refractivity contribution < 1.29 is 0 Å². The lowest BCUT2D eigenvalue weighted by Crippen LogP contribution is -1.99. The van der Waals surface area contributed by atoms with Gasteiger partial charge in [0.2, 0.25) is 0 Å². The summed E-state index contributed by atoms with van der Waals surface area (Å²) in [6, 6.07) is 24.9. The van der Waals surface area contributed by atoms with Crippen LogP contribution in [0.3, 0.4) is 0 Å². The van der Waals surface area contributed by atoms with E-state index in [4.69, 9.17) is 10.7 Å². The van der Waals surface area contributed by atoms with Crippen molar-refractivity contribution in [1.82, 2.24) is 4.98 Å². The second-order valence-electron chi connectivity index (χ2n) is 5.38. The summed E-state index contributed by atoms with van der Waals surface area (Å²) in [5, 5.41) is 2.34. The summed E-state index contributed by atoms with van der Waals surface area (Å²) in [5.41, 5.74) is 11.6. The maximum atomic E-state index is 5.96. The summed E-state index contributed by atoms with van der Waals surface area (Å²) in [4.78, 5) is 4.79. The van der Waals surface area contributed by atoms with Crippen LogP contribution in [0.25, 0.3) is 32.9 Å². The molecule has 1 aromatic heterocycles. The maximum absolute atomic E-state index is 5.96. The van der Waals surface area contributed by atoms with Gasteiger partial charge in [0, 0.05) is 22.9 Å². The Hall–Kier alpha value is -2.71. The Morgan fingerprint density at radius 1 is 0.682 bits per heavy atom. The topological polar surface area (TPSA) is 38.9 Å². The highest BCUT2D eigenvalue weighted by Crippen LogP contribution is 2.36. The number of hydrogen-bond donors (Lipinski definition) is 1. The summed E-state index contributed by atoms with van der Waals surface area (Å²) < 4.78 is 0. The molecule has 0 unspecified atom stereocenters. The van der Waals surface area contributed by atoms with Gasteiger partial charge in [-0.25, -0.2) is 4.98 Å². The van der Waals surface area contributed by atoms with Crippen molar-refractivity contribution in [2.24, 2.45) is 5.73 Å². The van der Waals surface area contributed by atoms with E-state index < -0.39 is 0 Å². The lowest BCUT2D eigenvalue weighted by molar-refractivity contribution is 1.07. The van der Waals surface area contributed by atoms with Crippen molar-refractivity contribution in [2.45, 2.75) is 6.54 Å². The van der Waals surface area contributed by atoms with Crippen LogP contribution in [-0.4, -0.2) is 4.98 Å². The predicted molar refractivity (Wildman–Crippen MR) is 92.6 cm³/mol. The maximum Gasteiger partial charge on any atom is 0.0715 e. The van der Waals surface area contributed by atoms with E-state index >= 15 is 0 Å². The molecule has 2 nitrogen and oxygen atoms in total. The first kappa shape index (κ1) is 13.0. The minimum atomic E-state index is 0.529. The molecule has 0 aliphatic rings. The highest BCUT2D eigenvalue weighted by Gasteiger charge is 2.12. The second kappa shape index (κ2) is 5.24. The molecule has 2 heteroatoms. The quantitative estimate of drug-likeness (QED) is 0.550. The van der Waals surface area contributed by atoms with Gasteiger partial charge in [-0.3, -0.25) is 0 Å². The summed E-state index contributed by atoms with van der Waals surface area (Å²) in [5.74, 6) is 0. The normalized spacial score (nSPS) is 11.1. The summed E-state index contributed by atoms with van der Waals surface area (Å²) >= 11 is 0. The molecule has 0 aliphatic heterocycles. The highest BCUT2D eigenvalue weighted by atomic mass is 14.7. The standard InChI is InChI=1S/C20H16N2/c21-13-14-7-1-2-8-15(14)20-16-9-3-5-11-18(16)22-19-12-6-4-10-17(19)20/h1-12H,13,21H2. The van der Waals surface area contributed by atoms with Gasteiger partial charge in [0.25, 0.3) is 0 Å². The van der Waals surface area contributed by atoms with Gasteiger partial charge in [-0.05, 0) is 23.3 Å². The fraction of sp³-hybridized carbons (Fsp3) is 0.0500. The van der Waals surface area contributed by atoms with Crippen LogP contribution >= 0.6 is 0 Å². The number of para-hydroxylation sites is 2. The van der Waals surface area contributed by atoms with Crippen LogP contribution in [0.1, 0.15) is 5.56 Å². The fourth-order valence-electron chi connectivity index (χ4n) is 3.07. The van der Waals surface area contributed by atoms with Gasteiger partial charge in [-0.15, -0.1) is 0 Å². The highest BCUT2D eigenvalue weighted by molar-refractivity contribution is 6.09. The second-order valence-corrected chi connectivity index (χ2v) is 5.38. The van der Waals surface area contributed by atoms with E-state index in [0.29, 0.717) is 6.54 Å². The summed E-state index contributed by atoms with van der Waals surface area (Å²) in [7, 11) is 0. The molecule has 0 amide bonds. The van der Waals surface area contributed by atoms with Crippen molar-refractivity contribution in [3.8, 4) is 11.1 Å². The van der Waals surface area contributed by atoms with Crippen LogP contribution in [-0.2, 0) is 6.54 Å². The zero-order chi connectivity index (χ0) is 14.9. The Bertz CT molecular complexity index is 919. The zero-order valence-electron chi connectivity index (χ0n) is 12.2. The zero-order valence-corrected chi connectivity index (χ0v) is 12.2. The third-order valence-corrected chi connectivity index (χ3v) is 4.09. The Morgan fingerprint density at radius 3 is 1.86 bits per heavy atom. The fourth-order valence-corrected chi connectivity index (χ4v) is 3.07. The molecule has 2 N–H and O–H groups in total. The van der Waals surface area contributed by atoms with E-state index in [0.717, 1.165) is 16.6 Å². The molecular formula is C20H16N2. The molecule has 106 valence electrons. The first-order chi connectivity index (χ1) is 10.9. The first-order valence-corrected chi connectivity index (χ1v) is 7.44. The minimum Gasteiger partial charge on any atom is -0.326 e. The number of hydrogen-bond acceptors (Lipinski definition) is 2. The molecule has 0 saturated carbocycles. The SMILES string of the molecule is NCc1ccccc1-c1c2ccccc2nc2ccccc12. The van der Waals surface area contributed by atoms with Crippen LogP contribution in [0.5, 0.6) is 0 Å². The Morgan fingerprint density at radius 2 is 1.23 bits per heavy atom. The van der Waals surface area contributed by atoms with Gasteiger partial charge in [-0.1, -0.05) is 60.7 Å². The number of rotatable bonds is 2. The van der Waals surface area contributed by atoms with E-state index in [1.54, 1.807) is 0 Å². The summed E-state index contributed by atoms with van der Waals surface area (Å²) in [6.07, 6.45) is 0. The molecule has 0 aliphatic carbocycles. The van der Waals surface area contributed by atoms with Gasteiger partial charge in [-0.2, -0.15) is 0 Å². The average Bonchev–Trinajstić information content (AvgIpc) is 2.59. The molecule has 22 heavy (non-hydrogen) atoms. The van der Waals surface area contributed by atoms with E-state index in [1.807, 2.05) is 18.2 Å².